The van der Waals surface area contributed by atoms with Gasteiger partial charge in [0.15, 0.2) is 0 Å². The normalized spacial score (nSPS) is 9.44. The van der Waals surface area contributed by atoms with Crippen molar-refractivity contribution >= 4 is 28.9 Å². The summed E-state index contributed by atoms with van der Waals surface area (Å²) in [6, 6.07) is 1.67. The van der Waals surface area contributed by atoms with Gasteiger partial charge in [0.05, 0.1) is 12.8 Å². The van der Waals surface area contributed by atoms with Crippen molar-refractivity contribution in [3.8, 4) is 0 Å². The Bertz CT molecular complexity index is 430. The summed E-state index contributed by atoms with van der Waals surface area (Å²) in [6.45, 7) is 3.66. The molecule has 0 fully saturated rings. The Morgan fingerprint density at radius 3 is 2.69 bits per heavy atom. The molecule has 0 bridgehead atoms. The molecule has 0 unspecified atom stereocenters. The lowest BCUT2D eigenvalue weighted by Crippen LogP contribution is -2.11. The van der Waals surface area contributed by atoms with Crippen LogP contribution in [0.2, 0.25) is 0 Å². The molecule has 5 heteroatoms. The number of ether oxygens (including phenoxy) is 1. The van der Waals surface area contributed by atoms with Crippen LogP contribution in [0, 0.1) is 0 Å². The van der Waals surface area contributed by atoms with Crippen LogP contribution in [0.5, 0.6) is 0 Å². The van der Waals surface area contributed by atoms with Crippen molar-refractivity contribution in [2.24, 2.45) is 0 Å². The van der Waals surface area contributed by atoms with Crippen LogP contribution in [0.15, 0.2) is 23.1 Å². The van der Waals surface area contributed by atoms with Crippen molar-refractivity contribution in [3.63, 3.8) is 0 Å². The molecule has 1 aromatic rings. The number of allylic oxidation sites excluding steroid dienone is 1. The van der Waals surface area contributed by atoms with Crippen LogP contribution in [0.3, 0.4) is 0 Å². The van der Waals surface area contributed by atoms with Crippen LogP contribution >= 0.6 is 11.3 Å². The highest BCUT2D eigenvalue weighted by Crippen LogP contribution is 2.23. The van der Waals surface area contributed by atoms with Gasteiger partial charge < -0.3 is 10.1 Å². The Kier molecular flexibility index (Phi) is 4.25. The van der Waals surface area contributed by atoms with Crippen molar-refractivity contribution in [2.45, 2.75) is 13.8 Å². The minimum absolute atomic E-state index is 0.247. The fourth-order valence-corrected chi connectivity index (χ4v) is 1.86. The fourth-order valence-electron chi connectivity index (χ4n) is 1.09. The average molecular weight is 239 g/mol. The SMILES string of the molecule is COC(=O)c1sccc1NC(=O)C=C(C)C. The molecule has 0 saturated heterocycles. The molecule has 0 aliphatic rings. The van der Waals surface area contributed by atoms with E-state index in [1.165, 1.54) is 24.5 Å². The highest BCUT2D eigenvalue weighted by molar-refractivity contribution is 7.12. The molecule has 0 aliphatic heterocycles. The van der Waals surface area contributed by atoms with Crippen molar-refractivity contribution in [1.82, 2.24) is 0 Å². The van der Waals surface area contributed by atoms with E-state index < -0.39 is 5.97 Å². The topological polar surface area (TPSA) is 55.4 Å². The maximum absolute atomic E-state index is 11.4. The number of anilines is 1. The zero-order chi connectivity index (χ0) is 12.1. The van der Waals surface area contributed by atoms with Crippen molar-refractivity contribution in [2.75, 3.05) is 12.4 Å². The molecule has 86 valence electrons. The van der Waals surface area contributed by atoms with Gasteiger partial charge in [0.1, 0.15) is 4.88 Å². The van der Waals surface area contributed by atoms with E-state index in [0.717, 1.165) is 5.57 Å². The van der Waals surface area contributed by atoms with Gasteiger partial charge in [-0.05, 0) is 25.3 Å². The number of methoxy groups -OCH3 is 1. The molecule has 0 aromatic carbocycles. The molecule has 0 spiro atoms. The number of carbonyl (C=O) groups excluding carboxylic acids is 2. The molecular formula is C11H13NO3S. The average Bonchev–Trinajstić information content (AvgIpc) is 2.63. The maximum atomic E-state index is 11.4. The Balaban J connectivity index is 2.82. The van der Waals surface area contributed by atoms with E-state index in [4.69, 9.17) is 0 Å². The second-order valence-electron chi connectivity index (χ2n) is 3.37. The first-order valence-corrected chi connectivity index (χ1v) is 5.54. The number of thiophene rings is 1. The van der Waals surface area contributed by atoms with E-state index in [2.05, 4.69) is 10.1 Å². The third kappa shape index (κ3) is 3.20. The van der Waals surface area contributed by atoms with Crippen LogP contribution < -0.4 is 5.32 Å². The van der Waals surface area contributed by atoms with Crippen LogP contribution in [0.4, 0.5) is 5.69 Å². The van der Waals surface area contributed by atoms with Crippen molar-refractivity contribution < 1.29 is 14.3 Å². The zero-order valence-electron chi connectivity index (χ0n) is 9.37. The molecule has 4 nitrogen and oxygen atoms in total. The molecule has 1 aromatic heterocycles. The van der Waals surface area contributed by atoms with Gasteiger partial charge in [0.2, 0.25) is 5.91 Å². The number of rotatable bonds is 3. The van der Waals surface area contributed by atoms with E-state index >= 15 is 0 Å². The summed E-state index contributed by atoms with van der Waals surface area (Å²) in [6.07, 6.45) is 1.47. The first kappa shape index (κ1) is 12.4. The summed E-state index contributed by atoms with van der Waals surface area (Å²) in [5, 5.41) is 4.36. The minimum Gasteiger partial charge on any atom is -0.465 e. The van der Waals surface area contributed by atoms with Gasteiger partial charge in [0, 0.05) is 6.08 Å². The number of amides is 1. The summed E-state index contributed by atoms with van der Waals surface area (Å²) in [5.41, 5.74) is 1.38. The van der Waals surface area contributed by atoms with Gasteiger partial charge in [-0.2, -0.15) is 0 Å². The molecule has 0 atom stereocenters. The lowest BCUT2D eigenvalue weighted by Gasteiger charge is -2.02. The summed E-state index contributed by atoms with van der Waals surface area (Å²) >= 11 is 1.23. The van der Waals surface area contributed by atoms with Gasteiger partial charge in [-0.15, -0.1) is 11.3 Å². The minimum atomic E-state index is -0.442. The Morgan fingerprint density at radius 1 is 1.44 bits per heavy atom. The molecule has 1 amide bonds. The van der Waals surface area contributed by atoms with E-state index in [9.17, 15) is 9.59 Å². The molecule has 1 N–H and O–H groups in total. The summed E-state index contributed by atoms with van der Waals surface area (Å²) in [4.78, 5) is 23.2. The van der Waals surface area contributed by atoms with E-state index in [-0.39, 0.29) is 5.91 Å². The second-order valence-corrected chi connectivity index (χ2v) is 4.28. The molecule has 0 aliphatic carbocycles. The number of nitrogens with one attached hydrogen (secondary N) is 1. The van der Waals surface area contributed by atoms with Crippen molar-refractivity contribution in [3.05, 3.63) is 28.0 Å². The largest absolute Gasteiger partial charge is 0.465 e. The highest BCUT2D eigenvalue weighted by Gasteiger charge is 2.14. The van der Waals surface area contributed by atoms with E-state index in [0.29, 0.717) is 10.6 Å². The number of esters is 1. The zero-order valence-corrected chi connectivity index (χ0v) is 10.2. The predicted octanol–water partition coefficient (Wildman–Crippen LogP) is 2.44. The van der Waals surface area contributed by atoms with Crippen LogP contribution in [0.1, 0.15) is 23.5 Å². The molecule has 16 heavy (non-hydrogen) atoms. The lowest BCUT2D eigenvalue weighted by atomic mass is 10.3. The lowest BCUT2D eigenvalue weighted by molar-refractivity contribution is -0.111. The second kappa shape index (κ2) is 5.46. The van der Waals surface area contributed by atoms with Gasteiger partial charge in [-0.1, -0.05) is 5.57 Å². The number of carbonyl (C=O) groups is 2. The summed E-state index contributed by atoms with van der Waals surface area (Å²) < 4.78 is 4.60. The van der Waals surface area contributed by atoms with Gasteiger partial charge >= 0.3 is 5.97 Å². The quantitative estimate of drug-likeness (QED) is 0.651. The Morgan fingerprint density at radius 2 is 2.12 bits per heavy atom. The molecule has 1 heterocycles. The maximum Gasteiger partial charge on any atom is 0.350 e. The third-order valence-corrected chi connectivity index (χ3v) is 2.61. The summed E-state index contributed by atoms with van der Waals surface area (Å²) in [5.74, 6) is -0.689. The standard InChI is InChI=1S/C11H13NO3S/c1-7(2)6-9(13)12-8-4-5-16-10(8)11(14)15-3/h4-6H,1-3H3,(H,12,13). The van der Waals surface area contributed by atoms with Crippen LogP contribution in [-0.2, 0) is 9.53 Å². The molecular weight excluding hydrogens is 226 g/mol. The van der Waals surface area contributed by atoms with Crippen molar-refractivity contribution in [1.29, 1.82) is 0 Å². The number of hydrogen-bond donors (Lipinski definition) is 1. The first-order chi connectivity index (χ1) is 7.54. The van der Waals surface area contributed by atoms with E-state index in [1.807, 2.05) is 13.8 Å². The Hall–Kier alpha value is -1.62. The highest BCUT2D eigenvalue weighted by atomic mass is 32.1. The Labute approximate surface area is 97.9 Å². The van der Waals surface area contributed by atoms with Crippen LogP contribution in [-0.4, -0.2) is 19.0 Å². The monoisotopic (exact) mass is 239 g/mol. The van der Waals surface area contributed by atoms with Gasteiger partial charge in [0.25, 0.3) is 0 Å². The predicted molar refractivity (Wildman–Crippen MR) is 63.7 cm³/mol. The molecule has 1 rings (SSSR count). The van der Waals surface area contributed by atoms with Gasteiger partial charge in [-0.3, -0.25) is 4.79 Å². The number of hydrogen-bond acceptors (Lipinski definition) is 4. The third-order valence-electron chi connectivity index (χ3n) is 1.71. The first-order valence-electron chi connectivity index (χ1n) is 4.66. The summed E-state index contributed by atoms with van der Waals surface area (Å²) in [7, 11) is 1.31. The van der Waals surface area contributed by atoms with E-state index in [1.54, 1.807) is 11.4 Å². The van der Waals surface area contributed by atoms with Crippen LogP contribution in [0.25, 0.3) is 0 Å². The smallest absolute Gasteiger partial charge is 0.350 e. The fraction of sp³-hybridized carbons (Fsp3) is 0.273. The molecule has 0 radical (unpaired) electrons. The molecule has 0 saturated carbocycles. The van der Waals surface area contributed by atoms with Gasteiger partial charge in [-0.25, -0.2) is 4.79 Å².